The van der Waals surface area contributed by atoms with Crippen molar-refractivity contribution in [2.75, 3.05) is 0 Å². The molecule has 4 nitrogen and oxygen atoms in total. The molecule has 0 fully saturated rings. The normalized spacial score (nSPS) is 20.6. The molecular weight excluding hydrogens is 128 g/mol. The van der Waals surface area contributed by atoms with Gasteiger partial charge in [-0.2, -0.15) is 0 Å². The molecule has 10 heavy (non-hydrogen) atoms. The molecule has 0 amide bonds. The summed E-state index contributed by atoms with van der Waals surface area (Å²) < 4.78 is 0. The van der Waals surface area contributed by atoms with Crippen LogP contribution in [0.2, 0.25) is 0 Å². The van der Waals surface area contributed by atoms with E-state index in [4.69, 9.17) is 5.41 Å². The largest absolute Gasteiger partial charge is 0.282 e. The quantitative estimate of drug-likeness (QED) is 0.496. The van der Waals surface area contributed by atoms with Gasteiger partial charge in [-0.05, 0) is 6.08 Å². The number of amidine groups is 2. The first kappa shape index (κ1) is 5.22. The predicted molar refractivity (Wildman–Crippen MR) is 40.2 cm³/mol. The van der Waals surface area contributed by atoms with Crippen LogP contribution in [0.3, 0.4) is 0 Å². The summed E-state index contributed by atoms with van der Waals surface area (Å²) in [5, 5.41) is 7.29. The lowest BCUT2D eigenvalue weighted by atomic mass is 10.2. The number of nitrogens with zero attached hydrogens (tertiary/aromatic N) is 3. The zero-order valence-corrected chi connectivity index (χ0v) is 5.07. The molecule has 0 aromatic heterocycles. The average molecular weight is 132 g/mol. The third kappa shape index (κ3) is 0.556. The molecule has 2 heterocycles. The lowest BCUT2D eigenvalue weighted by Crippen LogP contribution is -2.09. The first-order valence-electron chi connectivity index (χ1n) is 2.82. The van der Waals surface area contributed by atoms with Crippen LogP contribution in [0, 0.1) is 5.41 Å². The van der Waals surface area contributed by atoms with Gasteiger partial charge < -0.3 is 0 Å². The zero-order valence-electron chi connectivity index (χ0n) is 5.07. The van der Waals surface area contributed by atoms with Crippen molar-refractivity contribution in [3.8, 4) is 0 Å². The maximum Gasteiger partial charge on any atom is 0.164 e. The van der Waals surface area contributed by atoms with E-state index in [1.54, 1.807) is 12.3 Å². The molecule has 0 aromatic carbocycles. The summed E-state index contributed by atoms with van der Waals surface area (Å²) in [6, 6.07) is 0. The number of aliphatic imine (C=N–C) groups is 3. The minimum Gasteiger partial charge on any atom is -0.282 e. The second-order valence-corrected chi connectivity index (χ2v) is 1.90. The summed E-state index contributed by atoms with van der Waals surface area (Å²) in [6.45, 7) is 0. The van der Waals surface area contributed by atoms with Crippen LogP contribution in [0.1, 0.15) is 0 Å². The Kier molecular flexibility index (Phi) is 0.887. The minimum atomic E-state index is 0.238. The first-order valence-corrected chi connectivity index (χ1v) is 2.82. The van der Waals surface area contributed by atoms with Gasteiger partial charge in [0.2, 0.25) is 0 Å². The van der Waals surface area contributed by atoms with Gasteiger partial charge >= 0.3 is 0 Å². The van der Waals surface area contributed by atoms with Crippen LogP contribution in [0.25, 0.3) is 0 Å². The van der Waals surface area contributed by atoms with E-state index >= 15 is 0 Å². The van der Waals surface area contributed by atoms with E-state index in [0.717, 1.165) is 0 Å². The molecule has 1 N–H and O–H groups in total. The third-order valence-electron chi connectivity index (χ3n) is 1.30. The summed E-state index contributed by atoms with van der Waals surface area (Å²) in [6.07, 6.45) is 4.70. The van der Waals surface area contributed by atoms with Crippen LogP contribution < -0.4 is 0 Å². The van der Waals surface area contributed by atoms with Crippen molar-refractivity contribution in [3.63, 3.8) is 0 Å². The van der Waals surface area contributed by atoms with E-state index in [0.29, 0.717) is 11.4 Å². The Bertz CT molecular complexity index is 300. The fraction of sp³-hybridized carbons (Fsp3) is 0. The highest BCUT2D eigenvalue weighted by Gasteiger charge is 2.15. The Morgan fingerprint density at radius 3 is 3.00 bits per heavy atom. The van der Waals surface area contributed by atoms with Crippen LogP contribution in [0.4, 0.5) is 0 Å². The predicted octanol–water partition coefficient (Wildman–Crippen LogP) is 0.415. The van der Waals surface area contributed by atoms with Gasteiger partial charge in [0.1, 0.15) is 6.34 Å². The molecule has 0 aliphatic carbocycles. The molecule has 0 saturated heterocycles. The van der Waals surface area contributed by atoms with E-state index < -0.39 is 0 Å². The number of allylic oxidation sites excluding steroid dienone is 1. The van der Waals surface area contributed by atoms with E-state index in [1.807, 2.05) is 0 Å². The van der Waals surface area contributed by atoms with Crippen molar-refractivity contribution in [2.45, 2.75) is 0 Å². The molecule has 0 aromatic rings. The molecule has 0 radical (unpaired) electrons. The second-order valence-electron chi connectivity index (χ2n) is 1.90. The van der Waals surface area contributed by atoms with Crippen molar-refractivity contribution in [2.24, 2.45) is 15.0 Å². The van der Waals surface area contributed by atoms with Crippen LogP contribution in [0.15, 0.2) is 26.6 Å². The van der Waals surface area contributed by atoms with Gasteiger partial charge in [-0.3, -0.25) is 5.41 Å². The minimum absolute atomic E-state index is 0.238. The summed E-state index contributed by atoms with van der Waals surface area (Å²) in [5.41, 5.74) is 0.711. The van der Waals surface area contributed by atoms with Gasteiger partial charge in [0.25, 0.3) is 0 Å². The summed E-state index contributed by atoms with van der Waals surface area (Å²) >= 11 is 0. The van der Waals surface area contributed by atoms with Gasteiger partial charge in [-0.15, -0.1) is 0 Å². The Balaban J connectivity index is 2.54. The highest BCUT2D eigenvalue weighted by atomic mass is 15.0. The van der Waals surface area contributed by atoms with Crippen molar-refractivity contribution >= 4 is 24.2 Å². The second kappa shape index (κ2) is 1.70. The summed E-state index contributed by atoms with van der Waals surface area (Å²) in [5.74, 6) is 0.836. The molecule has 48 valence electrons. The van der Waals surface area contributed by atoms with E-state index in [1.165, 1.54) is 6.34 Å². The number of hydrogen-bond acceptors (Lipinski definition) is 3. The third-order valence-corrected chi connectivity index (χ3v) is 1.30. The SMILES string of the molecule is N=C1N=CN=C2N=CC=C12. The molecule has 0 bridgehead atoms. The van der Waals surface area contributed by atoms with E-state index in [-0.39, 0.29) is 5.84 Å². The van der Waals surface area contributed by atoms with Crippen molar-refractivity contribution < 1.29 is 0 Å². The monoisotopic (exact) mass is 132 g/mol. The van der Waals surface area contributed by atoms with Crippen molar-refractivity contribution in [1.29, 1.82) is 5.41 Å². The lowest BCUT2D eigenvalue weighted by molar-refractivity contribution is 1.41. The average Bonchev–Trinajstić information content (AvgIpc) is 2.36. The van der Waals surface area contributed by atoms with E-state index in [9.17, 15) is 0 Å². The molecule has 2 rings (SSSR count). The molecule has 0 atom stereocenters. The maximum atomic E-state index is 7.29. The van der Waals surface area contributed by atoms with Crippen molar-refractivity contribution in [3.05, 3.63) is 11.6 Å². The zero-order chi connectivity index (χ0) is 6.97. The number of hydrogen-bond donors (Lipinski definition) is 1. The van der Waals surface area contributed by atoms with Gasteiger partial charge in [0.05, 0.1) is 5.57 Å². The molecule has 0 unspecified atom stereocenters. The van der Waals surface area contributed by atoms with Crippen LogP contribution in [0.5, 0.6) is 0 Å². The van der Waals surface area contributed by atoms with Gasteiger partial charge in [-0.1, -0.05) is 0 Å². The smallest absolute Gasteiger partial charge is 0.164 e. The van der Waals surface area contributed by atoms with Gasteiger partial charge in [0.15, 0.2) is 11.7 Å². The van der Waals surface area contributed by atoms with Crippen LogP contribution >= 0.6 is 0 Å². The lowest BCUT2D eigenvalue weighted by Gasteiger charge is -2.01. The van der Waals surface area contributed by atoms with Crippen LogP contribution in [-0.4, -0.2) is 24.2 Å². The molecule has 0 spiro atoms. The maximum absolute atomic E-state index is 7.29. The fourth-order valence-electron chi connectivity index (χ4n) is 0.825. The van der Waals surface area contributed by atoms with Crippen molar-refractivity contribution in [1.82, 2.24) is 0 Å². The standard InChI is InChI=1S/C6H4N4/c7-5-4-1-2-8-6(4)10-3-9-5/h1-3,7H. The molecule has 4 heteroatoms. The molecule has 2 aliphatic rings. The Hall–Kier alpha value is -1.58. The summed E-state index contributed by atoms with van der Waals surface area (Å²) in [7, 11) is 0. The Morgan fingerprint density at radius 2 is 2.20 bits per heavy atom. The van der Waals surface area contributed by atoms with E-state index in [2.05, 4.69) is 15.0 Å². The topological polar surface area (TPSA) is 60.9 Å². The molecule has 0 saturated carbocycles. The van der Waals surface area contributed by atoms with Crippen LogP contribution in [-0.2, 0) is 0 Å². The number of fused-ring (bicyclic) bond motifs is 1. The Labute approximate surface area is 57.2 Å². The number of nitrogens with one attached hydrogen (secondary N) is 1. The highest BCUT2D eigenvalue weighted by Crippen LogP contribution is 2.10. The Morgan fingerprint density at radius 1 is 1.30 bits per heavy atom. The first-order chi connectivity index (χ1) is 4.88. The fourth-order valence-corrected chi connectivity index (χ4v) is 0.825. The van der Waals surface area contributed by atoms with Gasteiger partial charge in [-0.25, -0.2) is 15.0 Å². The highest BCUT2D eigenvalue weighted by molar-refractivity contribution is 6.32. The summed E-state index contributed by atoms with van der Waals surface area (Å²) in [4.78, 5) is 11.5. The molecule has 2 aliphatic heterocycles. The number of rotatable bonds is 0. The molecular formula is C6H4N4. The van der Waals surface area contributed by atoms with Gasteiger partial charge in [0, 0.05) is 6.21 Å².